The van der Waals surface area contributed by atoms with E-state index in [1.165, 1.54) is 0 Å². The quantitative estimate of drug-likeness (QED) is 0.338. The van der Waals surface area contributed by atoms with E-state index in [1.807, 2.05) is 12.5 Å². The zero-order chi connectivity index (χ0) is 12.1. The molecule has 1 fully saturated rings. The van der Waals surface area contributed by atoms with Gasteiger partial charge in [0, 0.05) is 25.5 Å². The van der Waals surface area contributed by atoms with E-state index in [1.54, 1.807) is 6.20 Å². The number of amidine groups is 1. The van der Waals surface area contributed by atoms with Crippen molar-refractivity contribution in [2.45, 2.75) is 31.8 Å². The molecule has 0 bridgehead atoms. The highest BCUT2D eigenvalue weighted by Gasteiger charge is 2.27. The van der Waals surface area contributed by atoms with Crippen LogP contribution in [0.2, 0.25) is 0 Å². The Balaban J connectivity index is 1.78. The van der Waals surface area contributed by atoms with Gasteiger partial charge in [0.15, 0.2) is 5.84 Å². The molecule has 1 unspecified atom stereocenters. The second-order valence-corrected chi connectivity index (χ2v) is 4.37. The molecule has 1 aliphatic rings. The lowest BCUT2D eigenvalue weighted by Crippen LogP contribution is -2.41. The third-order valence-corrected chi connectivity index (χ3v) is 3.24. The zero-order valence-corrected chi connectivity index (χ0v) is 9.87. The number of imidazole rings is 1. The van der Waals surface area contributed by atoms with Gasteiger partial charge >= 0.3 is 0 Å². The summed E-state index contributed by atoms with van der Waals surface area (Å²) in [6, 6.07) is 0.114. The van der Waals surface area contributed by atoms with Crippen molar-refractivity contribution < 1.29 is 5.21 Å². The van der Waals surface area contributed by atoms with Crippen LogP contribution in [-0.2, 0) is 6.54 Å². The van der Waals surface area contributed by atoms with E-state index in [0.717, 1.165) is 38.9 Å². The maximum atomic E-state index is 8.71. The van der Waals surface area contributed by atoms with Gasteiger partial charge in [-0.25, -0.2) is 4.98 Å². The van der Waals surface area contributed by atoms with Crippen LogP contribution in [-0.4, -0.2) is 44.6 Å². The molecule has 94 valence electrons. The average Bonchev–Trinajstić information content (AvgIpc) is 2.99. The van der Waals surface area contributed by atoms with E-state index in [2.05, 4.69) is 19.6 Å². The Morgan fingerprint density at radius 2 is 2.41 bits per heavy atom. The first-order valence-electron chi connectivity index (χ1n) is 5.98. The van der Waals surface area contributed by atoms with Crippen LogP contribution in [0.4, 0.5) is 0 Å². The van der Waals surface area contributed by atoms with Crippen molar-refractivity contribution in [3.8, 4) is 0 Å². The van der Waals surface area contributed by atoms with Crippen LogP contribution in [0.15, 0.2) is 23.9 Å². The summed E-state index contributed by atoms with van der Waals surface area (Å²) in [4.78, 5) is 6.29. The van der Waals surface area contributed by atoms with Crippen molar-refractivity contribution in [1.29, 1.82) is 0 Å². The maximum absolute atomic E-state index is 8.71. The summed E-state index contributed by atoms with van der Waals surface area (Å²) in [6.45, 7) is 2.96. The largest absolute Gasteiger partial charge is 0.409 e. The molecule has 1 aliphatic heterocycles. The molecule has 0 aliphatic carbocycles. The van der Waals surface area contributed by atoms with Gasteiger partial charge in [-0.15, -0.1) is 0 Å². The summed E-state index contributed by atoms with van der Waals surface area (Å²) < 4.78 is 2.06. The molecule has 1 saturated heterocycles. The minimum absolute atomic E-state index is 0.114. The molecule has 1 atom stereocenters. The van der Waals surface area contributed by atoms with Crippen LogP contribution in [0.5, 0.6) is 0 Å². The molecule has 2 heterocycles. The van der Waals surface area contributed by atoms with Crippen molar-refractivity contribution in [2.75, 3.05) is 13.1 Å². The third kappa shape index (κ3) is 2.97. The molecule has 6 nitrogen and oxygen atoms in total. The first kappa shape index (κ1) is 11.9. The van der Waals surface area contributed by atoms with Crippen LogP contribution >= 0.6 is 0 Å². The monoisotopic (exact) mass is 237 g/mol. The van der Waals surface area contributed by atoms with Gasteiger partial charge in [-0.1, -0.05) is 5.16 Å². The fourth-order valence-corrected chi connectivity index (χ4v) is 2.37. The number of rotatable bonds is 5. The molecule has 6 heteroatoms. The molecule has 1 aromatic heterocycles. The van der Waals surface area contributed by atoms with Crippen molar-refractivity contribution >= 4 is 5.84 Å². The standard InChI is InChI=1S/C11H19N5O/c12-11(14-17)10-3-1-6-16(10)7-2-5-15-8-4-13-9-15/h4,8-10,17H,1-3,5-7H2,(H2,12,14). The van der Waals surface area contributed by atoms with Crippen molar-refractivity contribution in [3.05, 3.63) is 18.7 Å². The van der Waals surface area contributed by atoms with E-state index in [0.29, 0.717) is 5.84 Å². The lowest BCUT2D eigenvalue weighted by Gasteiger charge is -2.23. The van der Waals surface area contributed by atoms with E-state index in [4.69, 9.17) is 10.9 Å². The number of hydrogen-bond donors (Lipinski definition) is 2. The molecule has 3 N–H and O–H groups in total. The van der Waals surface area contributed by atoms with Gasteiger partial charge in [0.1, 0.15) is 0 Å². The fourth-order valence-electron chi connectivity index (χ4n) is 2.37. The Morgan fingerprint density at radius 3 is 3.12 bits per heavy atom. The van der Waals surface area contributed by atoms with Gasteiger partial charge in [0.05, 0.1) is 12.4 Å². The summed E-state index contributed by atoms with van der Waals surface area (Å²) >= 11 is 0. The summed E-state index contributed by atoms with van der Waals surface area (Å²) in [5.74, 6) is 0.338. The van der Waals surface area contributed by atoms with Gasteiger partial charge in [-0.3, -0.25) is 4.90 Å². The number of nitrogens with two attached hydrogens (primary N) is 1. The van der Waals surface area contributed by atoms with E-state index in [9.17, 15) is 0 Å². The number of likely N-dealkylation sites (tertiary alicyclic amines) is 1. The minimum Gasteiger partial charge on any atom is -0.409 e. The molecule has 0 aromatic carbocycles. The van der Waals surface area contributed by atoms with Gasteiger partial charge in [0.2, 0.25) is 0 Å². The molecule has 2 rings (SSSR count). The number of oxime groups is 1. The van der Waals surface area contributed by atoms with Crippen LogP contribution < -0.4 is 5.73 Å². The van der Waals surface area contributed by atoms with Gasteiger partial charge in [-0.2, -0.15) is 0 Å². The number of aromatic nitrogens is 2. The Labute approximate surface area is 101 Å². The predicted octanol–water partition coefficient (Wildman–Crippen LogP) is 0.484. The second-order valence-electron chi connectivity index (χ2n) is 4.37. The summed E-state index contributed by atoms with van der Waals surface area (Å²) in [5, 5.41) is 11.8. The highest BCUT2D eigenvalue weighted by Crippen LogP contribution is 2.17. The number of nitrogens with zero attached hydrogens (tertiary/aromatic N) is 4. The summed E-state index contributed by atoms with van der Waals surface area (Å²) in [7, 11) is 0. The third-order valence-electron chi connectivity index (χ3n) is 3.24. The zero-order valence-electron chi connectivity index (χ0n) is 9.87. The molecule has 17 heavy (non-hydrogen) atoms. The predicted molar refractivity (Wildman–Crippen MR) is 64.8 cm³/mol. The lowest BCUT2D eigenvalue weighted by atomic mass is 10.2. The summed E-state index contributed by atoms with van der Waals surface area (Å²) in [5.41, 5.74) is 5.68. The van der Waals surface area contributed by atoms with Gasteiger partial charge in [0.25, 0.3) is 0 Å². The maximum Gasteiger partial charge on any atom is 0.156 e. The minimum atomic E-state index is 0.114. The molecular formula is C11H19N5O. The molecule has 0 saturated carbocycles. The van der Waals surface area contributed by atoms with Gasteiger partial charge < -0.3 is 15.5 Å². The van der Waals surface area contributed by atoms with Crippen LogP contribution in [0.3, 0.4) is 0 Å². The highest BCUT2D eigenvalue weighted by atomic mass is 16.4. The Kier molecular flexibility index (Phi) is 3.98. The van der Waals surface area contributed by atoms with Crippen molar-refractivity contribution in [3.63, 3.8) is 0 Å². The van der Waals surface area contributed by atoms with Gasteiger partial charge in [-0.05, 0) is 25.8 Å². The van der Waals surface area contributed by atoms with E-state index in [-0.39, 0.29) is 6.04 Å². The average molecular weight is 237 g/mol. The Morgan fingerprint density at radius 1 is 1.53 bits per heavy atom. The molecule has 0 radical (unpaired) electrons. The van der Waals surface area contributed by atoms with Crippen molar-refractivity contribution in [1.82, 2.24) is 14.5 Å². The van der Waals surface area contributed by atoms with E-state index >= 15 is 0 Å². The molecular weight excluding hydrogens is 218 g/mol. The second kappa shape index (κ2) is 5.67. The SMILES string of the molecule is NC(=NO)C1CCCN1CCCn1ccnc1. The highest BCUT2D eigenvalue weighted by molar-refractivity contribution is 5.85. The Hall–Kier alpha value is -1.56. The molecule has 0 amide bonds. The smallest absolute Gasteiger partial charge is 0.156 e. The molecule has 0 spiro atoms. The summed E-state index contributed by atoms with van der Waals surface area (Å²) in [6.07, 6.45) is 8.73. The van der Waals surface area contributed by atoms with Crippen LogP contribution in [0.25, 0.3) is 0 Å². The first-order chi connectivity index (χ1) is 8.31. The number of aryl methyl sites for hydroxylation is 1. The van der Waals surface area contributed by atoms with Crippen LogP contribution in [0, 0.1) is 0 Å². The van der Waals surface area contributed by atoms with Crippen LogP contribution in [0.1, 0.15) is 19.3 Å². The van der Waals surface area contributed by atoms with Crippen molar-refractivity contribution in [2.24, 2.45) is 10.9 Å². The Bertz CT molecular complexity index is 362. The van der Waals surface area contributed by atoms with E-state index < -0.39 is 0 Å². The molecule has 1 aromatic rings. The first-order valence-corrected chi connectivity index (χ1v) is 5.98. The number of hydrogen-bond acceptors (Lipinski definition) is 4. The normalized spacial score (nSPS) is 22.1. The topological polar surface area (TPSA) is 79.7 Å². The lowest BCUT2D eigenvalue weighted by molar-refractivity contribution is 0.274. The fraction of sp³-hybridized carbons (Fsp3) is 0.636.